The quantitative estimate of drug-likeness (QED) is 0.0135. The maximum absolute atomic E-state index is 13.0. The number of hydrogen-bond acceptors (Lipinski definition) is 26. The molecule has 0 saturated carbocycles. The number of nitrogens with one attached hydrogen (secondary N) is 2. The smallest absolute Gasteiger partial charge is 0.481 e. The molecule has 12 N–H and O–H groups in total. The summed E-state index contributed by atoms with van der Waals surface area (Å²) in [5, 5.41) is 52.7. The number of carboxylic acids is 4. The number of aromatic nitrogens is 4. The van der Waals surface area contributed by atoms with Crippen LogP contribution in [-0.2, 0) is 60.9 Å². The van der Waals surface area contributed by atoms with E-state index in [4.69, 9.17) is 31.4 Å². The number of carbonyl (C=O) groups is 8. The molecule has 8 heterocycles. The topological polar surface area (TPSA) is 426 Å². The molecular weight excluding hydrogens is 1190 g/mol. The number of aryl methyl sites for hydroxylation is 2. The molecule has 0 unspecified atom stereocenters. The van der Waals surface area contributed by atoms with Gasteiger partial charge < -0.3 is 57.7 Å². The van der Waals surface area contributed by atoms with Gasteiger partial charge in [-0.3, -0.25) is 38.6 Å². The SMILES string of the molecule is CO/N=C(\C(=O)N[C@@H]1C(=O)N2C(C(=O)O)=C(CSc3nc(C)c(CC(=O)O)s3)CS[C@H]12)c1csc(N)n1.CO/N=C(\C(=O)N[C@@H]1C(=O)N2C(C(=O)O)=C(CSc3nc(C)c(CC(=O)O)s3)CS[C@H]12)c1csc(N)n1.O.[Na+].[Na+]. The predicted molar refractivity (Wildman–Crippen MR) is 281 cm³/mol. The molecule has 0 spiro atoms. The van der Waals surface area contributed by atoms with Crippen molar-refractivity contribution in [1.29, 1.82) is 0 Å². The summed E-state index contributed by atoms with van der Waals surface area (Å²) in [6.45, 7) is 3.45. The van der Waals surface area contributed by atoms with Crippen LogP contribution in [0.25, 0.3) is 0 Å². The zero-order valence-electron chi connectivity index (χ0n) is 41.1. The normalized spacial score (nSPS) is 18.6. The van der Waals surface area contributed by atoms with Gasteiger partial charge in [0, 0.05) is 43.5 Å². The van der Waals surface area contributed by atoms with Gasteiger partial charge in [0.25, 0.3) is 23.6 Å². The number of nitrogen functional groups attached to an aromatic ring is 2. The summed E-state index contributed by atoms with van der Waals surface area (Å²) in [6.07, 6.45) is -0.264. The summed E-state index contributed by atoms with van der Waals surface area (Å²) in [5.41, 5.74) is 13.4. The van der Waals surface area contributed by atoms with E-state index in [9.17, 15) is 48.6 Å². The van der Waals surface area contributed by atoms with Crippen LogP contribution in [0.15, 0.2) is 52.3 Å². The Morgan fingerprint density at radius 1 is 0.675 bits per heavy atom. The molecule has 0 aliphatic carbocycles. The predicted octanol–water partition coefficient (Wildman–Crippen LogP) is -4.82. The molecule has 4 aliphatic rings. The van der Waals surface area contributed by atoms with Gasteiger partial charge in [-0.05, 0) is 25.0 Å². The second kappa shape index (κ2) is 28.7. The summed E-state index contributed by atoms with van der Waals surface area (Å²) < 4.78 is 1.23. The van der Waals surface area contributed by atoms with Gasteiger partial charge in [0.1, 0.15) is 59.8 Å². The number of oxime groups is 2. The van der Waals surface area contributed by atoms with E-state index in [0.29, 0.717) is 52.5 Å². The van der Waals surface area contributed by atoms with Crippen LogP contribution < -0.4 is 81.2 Å². The number of nitrogens with zero attached hydrogens (tertiary/aromatic N) is 8. The molecule has 37 heteroatoms. The number of nitrogens with two attached hydrogens (primary N) is 2. The van der Waals surface area contributed by atoms with E-state index < -0.39 is 70.3 Å². The van der Waals surface area contributed by atoms with Crippen LogP contribution in [0.2, 0.25) is 0 Å². The van der Waals surface area contributed by atoms with Gasteiger partial charge in [0.2, 0.25) is 0 Å². The Morgan fingerprint density at radius 2 is 1.04 bits per heavy atom. The van der Waals surface area contributed by atoms with Gasteiger partial charge in [-0.1, -0.05) is 33.8 Å². The van der Waals surface area contributed by atoms with Crippen molar-refractivity contribution in [2.45, 2.75) is 58.2 Å². The maximum Gasteiger partial charge on any atom is 1.00 e. The molecule has 27 nitrogen and oxygen atoms in total. The largest absolute Gasteiger partial charge is 1.00 e. The number of carboxylic acid groups (broad SMARTS) is 4. The molecule has 4 atom stereocenters. The van der Waals surface area contributed by atoms with Crippen molar-refractivity contribution in [3.05, 3.63) is 65.8 Å². The van der Waals surface area contributed by atoms with Crippen molar-refractivity contribution in [3.8, 4) is 0 Å². The maximum atomic E-state index is 13.0. The molecule has 4 aromatic heterocycles. The Balaban J connectivity index is 0.000000320. The van der Waals surface area contributed by atoms with E-state index in [1.54, 1.807) is 13.8 Å². The van der Waals surface area contributed by atoms with Gasteiger partial charge in [-0.25, -0.2) is 29.5 Å². The summed E-state index contributed by atoms with van der Waals surface area (Å²) in [5.74, 6) is -5.77. The van der Waals surface area contributed by atoms with Crippen LogP contribution >= 0.6 is 92.4 Å². The first-order chi connectivity index (χ1) is 35.2. The fourth-order valence-corrected chi connectivity index (χ4v) is 15.7. The summed E-state index contributed by atoms with van der Waals surface area (Å²) in [7, 11) is 2.53. The van der Waals surface area contributed by atoms with E-state index in [-0.39, 0.29) is 133 Å². The fraction of sp³-hybridized carbons (Fsp3) is 0.350. The standard InChI is InChI=1S/2C20H20N6O7S4.2Na.H2O/c2*1-7-10(3-11(27)28)37-20(22-7)36-5-8-4-34-17-13(16(30)26(17)14(8)18(31)32)24-15(29)12(25-33-2)9-6-35-19(21)23-9;;;/h2*6,13,17H,3-5H2,1-2H3,(H2,21,23)(H,24,29)(H,27,28)(H,31,32);;;1H2/q;;2*+1;/b2*25-12-;;;/t2*13-,17-;;;/m11.../s1. The third-order valence-corrected chi connectivity index (χ3v) is 19.3. The Bertz CT molecular complexity index is 2890. The van der Waals surface area contributed by atoms with Gasteiger partial charge in [-0.15, -0.1) is 68.9 Å². The number of carbonyl (C=O) groups excluding carboxylic acids is 4. The van der Waals surface area contributed by atoms with Gasteiger partial charge in [0.15, 0.2) is 30.4 Å². The van der Waals surface area contributed by atoms with E-state index >= 15 is 0 Å². The Hall–Kier alpha value is -4.34. The van der Waals surface area contributed by atoms with Crippen molar-refractivity contribution in [2.24, 2.45) is 10.3 Å². The molecule has 4 aromatic rings. The van der Waals surface area contributed by atoms with Crippen molar-refractivity contribution in [3.63, 3.8) is 0 Å². The molecule has 4 amide bonds. The molecule has 4 aliphatic heterocycles. The molecule has 400 valence electrons. The van der Waals surface area contributed by atoms with Crippen molar-refractivity contribution in [2.75, 3.05) is 48.7 Å². The van der Waals surface area contributed by atoms with E-state index in [2.05, 4.69) is 40.9 Å². The first-order valence-corrected chi connectivity index (χ1v) is 28.4. The number of amides is 4. The summed E-state index contributed by atoms with van der Waals surface area (Å²) in [4.78, 5) is 128. The first-order valence-electron chi connectivity index (χ1n) is 20.9. The minimum atomic E-state index is -1.25. The second-order valence-electron chi connectivity index (χ2n) is 15.3. The zero-order valence-corrected chi connectivity index (χ0v) is 51.6. The van der Waals surface area contributed by atoms with Crippen molar-refractivity contribution < 1.29 is 133 Å². The van der Waals surface area contributed by atoms with Crippen LogP contribution in [0, 0.1) is 13.8 Å². The number of fused-ring (bicyclic) bond motifs is 2. The van der Waals surface area contributed by atoms with Crippen LogP contribution in [-0.4, -0.2) is 175 Å². The summed E-state index contributed by atoms with van der Waals surface area (Å²) in [6, 6.07) is -1.92. The molecule has 2 saturated heterocycles. The number of anilines is 2. The number of β-lactam (4-membered cyclic amide) rings is 2. The van der Waals surface area contributed by atoms with Crippen LogP contribution in [0.3, 0.4) is 0 Å². The molecule has 0 bridgehead atoms. The average molecular weight is 1230 g/mol. The van der Waals surface area contributed by atoms with Crippen molar-refractivity contribution in [1.82, 2.24) is 40.4 Å². The van der Waals surface area contributed by atoms with Crippen LogP contribution in [0.1, 0.15) is 32.5 Å². The number of aliphatic carboxylic acids is 4. The Morgan fingerprint density at radius 3 is 1.34 bits per heavy atom. The van der Waals surface area contributed by atoms with Gasteiger partial charge in [-0.2, -0.15) is 0 Å². The molecule has 2 fully saturated rings. The Kier molecular flexibility index (Phi) is 24.3. The monoisotopic (exact) mass is 1230 g/mol. The van der Waals surface area contributed by atoms with Crippen LogP contribution in [0.4, 0.5) is 10.3 Å². The van der Waals surface area contributed by atoms with Gasteiger partial charge in [0.05, 0.1) is 24.2 Å². The van der Waals surface area contributed by atoms with Gasteiger partial charge >= 0.3 is 83.0 Å². The first kappa shape index (κ1) is 65.2. The molecular formula is C40H42N12Na2O15S8+2. The number of hydrogen-bond donors (Lipinski definition) is 8. The number of thiazole rings is 4. The molecule has 8 rings (SSSR count). The second-order valence-corrected chi connectivity index (χ2v) is 23.9. The zero-order chi connectivity index (χ0) is 53.7. The molecule has 0 radical (unpaired) electrons. The number of rotatable bonds is 20. The van der Waals surface area contributed by atoms with E-state index in [1.807, 2.05) is 0 Å². The van der Waals surface area contributed by atoms with E-state index in [0.717, 1.165) is 22.7 Å². The minimum Gasteiger partial charge on any atom is -0.481 e. The van der Waals surface area contributed by atoms with Crippen LogP contribution in [0.5, 0.6) is 0 Å². The number of thioether (sulfide) groups is 4. The minimum absolute atomic E-state index is 0. The third-order valence-electron chi connectivity index (χ3n) is 10.5. The Labute approximate surface area is 512 Å². The third kappa shape index (κ3) is 15.1. The molecule has 77 heavy (non-hydrogen) atoms. The molecule has 0 aromatic carbocycles. The van der Waals surface area contributed by atoms with E-state index in [1.165, 1.54) is 105 Å². The fourth-order valence-electron chi connectivity index (χ4n) is 7.22. The van der Waals surface area contributed by atoms with Crippen molar-refractivity contribution >= 4 is 162 Å². The average Bonchev–Trinajstić information content (AvgIpc) is 4.15. The summed E-state index contributed by atoms with van der Waals surface area (Å²) >= 11 is 9.95.